The molecule has 1 aliphatic heterocycles. The summed E-state index contributed by atoms with van der Waals surface area (Å²) in [4.78, 5) is 11.8. The Bertz CT molecular complexity index is 441. The van der Waals surface area contributed by atoms with Gasteiger partial charge < -0.3 is 19.3 Å². The maximum Gasteiger partial charge on any atom is 0.338 e. The molecule has 0 unspecified atom stereocenters. The SMILES string of the molecule is Cc1cc2c(cc1C(=O)OCCCO)OCCO2. The molecule has 0 fully saturated rings. The van der Waals surface area contributed by atoms with Crippen molar-refractivity contribution in [1.29, 1.82) is 0 Å². The fourth-order valence-electron chi connectivity index (χ4n) is 1.72. The van der Waals surface area contributed by atoms with Crippen molar-refractivity contribution in [3.63, 3.8) is 0 Å². The first kappa shape index (κ1) is 12.7. The maximum atomic E-state index is 11.8. The third kappa shape index (κ3) is 2.73. The highest BCUT2D eigenvalue weighted by molar-refractivity contribution is 5.92. The molecule has 0 amide bonds. The van der Waals surface area contributed by atoms with Crippen LogP contribution < -0.4 is 9.47 Å². The van der Waals surface area contributed by atoms with Crippen LogP contribution in [0.1, 0.15) is 22.3 Å². The summed E-state index contributed by atoms with van der Waals surface area (Å²) in [5.41, 5.74) is 1.26. The summed E-state index contributed by atoms with van der Waals surface area (Å²) in [5, 5.41) is 8.63. The van der Waals surface area contributed by atoms with Crippen molar-refractivity contribution in [2.45, 2.75) is 13.3 Å². The average Bonchev–Trinajstić information content (AvgIpc) is 2.38. The van der Waals surface area contributed by atoms with Gasteiger partial charge in [-0.05, 0) is 24.6 Å². The Labute approximate surface area is 105 Å². The smallest absolute Gasteiger partial charge is 0.338 e. The minimum absolute atomic E-state index is 0.00734. The molecular weight excluding hydrogens is 236 g/mol. The van der Waals surface area contributed by atoms with Gasteiger partial charge in [0.05, 0.1) is 12.2 Å². The Hall–Kier alpha value is -1.75. The largest absolute Gasteiger partial charge is 0.486 e. The third-order valence-corrected chi connectivity index (χ3v) is 2.64. The van der Waals surface area contributed by atoms with Crippen molar-refractivity contribution in [3.8, 4) is 11.5 Å². The number of ether oxygens (including phenoxy) is 3. The zero-order valence-corrected chi connectivity index (χ0v) is 10.3. The minimum Gasteiger partial charge on any atom is -0.486 e. The molecule has 0 atom stereocenters. The van der Waals surface area contributed by atoms with Crippen LogP contribution in [-0.2, 0) is 4.74 Å². The predicted molar refractivity (Wildman–Crippen MR) is 64.2 cm³/mol. The molecule has 0 saturated heterocycles. The summed E-state index contributed by atoms with van der Waals surface area (Å²) < 4.78 is 15.9. The first-order valence-corrected chi connectivity index (χ1v) is 5.90. The van der Waals surface area contributed by atoms with E-state index in [1.165, 1.54) is 0 Å². The van der Waals surface area contributed by atoms with Gasteiger partial charge in [-0.2, -0.15) is 0 Å². The Balaban J connectivity index is 2.14. The number of carbonyl (C=O) groups is 1. The lowest BCUT2D eigenvalue weighted by Gasteiger charge is -2.19. The van der Waals surface area contributed by atoms with Crippen LogP contribution in [0.4, 0.5) is 0 Å². The summed E-state index contributed by atoms with van der Waals surface area (Å²) in [6.07, 6.45) is 0.440. The number of rotatable bonds is 4. The van der Waals surface area contributed by atoms with Crippen molar-refractivity contribution < 1.29 is 24.1 Å². The summed E-state index contributed by atoms with van der Waals surface area (Å²) >= 11 is 0. The van der Waals surface area contributed by atoms with Crippen LogP contribution in [0.5, 0.6) is 11.5 Å². The zero-order valence-electron chi connectivity index (χ0n) is 10.3. The third-order valence-electron chi connectivity index (χ3n) is 2.64. The molecule has 18 heavy (non-hydrogen) atoms. The van der Waals surface area contributed by atoms with Crippen LogP contribution in [0.2, 0.25) is 0 Å². The second-order valence-electron chi connectivity index (χ2n) is 4.02. The molecule has 5 nitrogen and oxygen atoms in total. The van der Waals surface area contributed by atoms with E-state index >= 15 is 0 Å². The van der Waals surface area contributed by atoms with Gasteiger partial charge in [0.15, 0.2) is 11.5 Å². The number of carbonyl (C=O) groups excluding carboxylic acids is 1. The molecule has 0 bridgehead atoms. The van der Waals surface area contributed by atoms with Crippen LogP contribution in [0.3, 0.4) is 0 Å². The number of hydrogen-bond acceptors (Lipinski definition) is 5. The van der Waals surface area contributed by atoms with Crippen LogP contribution in [0.15, 0.2) is 12.1 Å². The molecule has 2 rings (SSSR count). The summed E-state index contributed by atoms with van der Waals surface area (Å²) in [6.45, 7) is 3.04. The average molecular weight is 252 g/mol. The standard InChI is InChI=1S/C13H16O5/c1-9-7-11-12(17-6-5-16-11)8-10(9)13(15)18-4-2-3-14/h7-8,14H,2-6H2,1H3. The molecule has 0 aromatic heterocycles. The second kappa shape index (κ2) is 5.73. The van der Waals surface area contributed by atoms with E-state index in [0.717, 1.165) is 5.56 Å². The highest BCUT2D eigenvalue weighted by Crippen LogP contribution is 2.33. The molecule has 0 radical (unpaired) electrons. The lowest BCUT2D eigenvalue weighted by molar-refractivity contribution is 0.0480. The number of aliphatic hydroxyl groups is 1. The van der Waals surface area contributed by atoms with E-state index in [1.54, 1.807) is 12.1 Å². The lowest BCUT2D eigenvalue weighted by atomic mass is 10.1. The summed E-state index contributed by atoms with van der Waals surface area (Å²) in [7, 11) is 0. The molecule has 0 saturated carbocycles. The van der Waals surface area contributed by atoms with Gasteiger partial charge in [0.1, 0.15) is 13.2 Å². The molecule has 98 valence electrons. The van der Waals surface area contributed by atoms with E-state index in [1.807, 2.05) is 6.92 Å². The molecule has 5 heteroatoms. The van der Waals surface area contributed by atoms with Gasteiger partial charge in [0, 0.05) is 13.0 Å². The lowest BCUT2D eigenvalue weighted by Crippen LogP contribution is -2.17. The number of benzene rings is 1. The Morgan fingerprint density at radius 1 is 1.33 bits per heavy atom. The van der Waals surface area contributed by atoms with E-state index in [4.69, 9.17) is 19.3 Å². The number of aliphatic hydroxyl groups excluding tert-OH is 1. The molecule has 1 aromatic rings. The molecule has 0 spiro atoms. The van der Waals surface area contributed by atoms with E-state index in [9.17, 15) is 4.79 Å². The highest BCUT2D eigenvalue weighted by Gasteiger charge is 2.18. The van der Waals surface area contributed by atoms with Crippen molar-refractivity contribution >= 4 is 5.97 Å². The van der Waals surface area contributed by atoms with Gasteiger partial charge in [-0.15, -0.1) is 0 Å². The first-order valence-electron chi connectivity index (χ1n) is 5.90. The fraction of sp³-hybridized carbons (Fsp3) is 0.462. The number of hydrogen-bond donors (Lipinski definition) is 1. The van der Waals surface area contributed by atoms with Crippen molar-refractivity contribution in [1.82, 2.24) is 0 Å². The van der Waals surface area contributed by atoms with Gasteiger partial charge >= 0.3 is 5.97 Å². The van der Waals surface area contributed by atoms with Gasteiger partial charge in [-0.3, -0.25) is 0 Å². The van der Waals surface area contributed by atoms with Crippen LogP contribution in [0, 0.1) is 6.92 Å². The summed E-state index contributed by atoms with van der Waals surface area (Å²) in [5.74, 6) is 0.824. The fourth-order valence-corrected chi connectivity index (χ4v) is 1.72. The molecular formula is C13H16O5. The topological polar surface area (TPSA) is 65.0 Å². The Morgan fingerprint density at radius 2 is 2.00 bits per heavy atom. The monoisotopic (exact) mass is 252 g/mol. The number of esters is 1. The minimum atomic E-state index is -0.405. The quantitative estimate of drug-likeness (QED) is 0.646. The van der Waals surface area contributed by atoms with Gasteiger partial charge in [-0.25, -0.2) is 4.79 Å². The zero-order chi connectivity index (χ0) is 13.0. The highest BCUT2D eigenvalue weighted by atomic mass is 16.6. The van der Waals surface area contributed by atoms with E-state index in [-0.39, 0.29) is 13.2 Å². The predicted octanol–water partition coefficient (Wildman–Crippen LogP) is 1.31. The van der Waals surface area contributed by atoms with E-state index < -0.39 is 5.97 Å². The van der Waals surface area contributed by atoms with Crippen molar-refractivity contribution in [3.05, 3.63) is 23.3 Å². The first-order chi connectivity index (χ1) is 8.72. The van der Waals surface area contributed by atoms with E-state index in [0.29, 0.717) is 36.7 Å². The molecule has 1 N–H and O–H groups in total. The van der Waals surface area contributed by atoms with Crippen LogP contribution in [-0.4, -0.2) is 37.5 Å². The summed E-state index contributed by atoms with van der Waals surface area (Å²) in [6, 6.07) is 3.42. The molecule has 1 heterocycles. The normalized spacial score (nSPS) is 13.2. The van der Waals surface area contributed by atoms with Gasteiger partial charge in [0.25, 0.3) is 0 Å². The van der Waals surface area contributed by atoms with Crippen molar-refractivity contribution in [2.24, 2.45) is 0 Å². The van der Waals surface area contributed by atoms with E-state index in [2.05, 4.69) is 0 Å². The van der Waals surface area contributed by atoms with Gasteiger partial charge in [0.2, 0.25) is 0 Å². The number of fused-ring (bicyclic) bond motifs is 1. The Morgan fingerprint density at radius 3 is 2.67 bits per heavy atom. The number of aryl methyl sites for hydroxylation is 1. The molecule has 1 aromatic carbocycles. The molecule has 1 aliphatic rings. The molecule has 0 aliphatic carbocycles. The van der Waals surface area contributed by atoms with Crippen molar-refractivity contribution in [2.75, 3.05) is 26.4 Å². The van der Waals surface area contributed by atoms with Gasteiger partial charge in [-0.1, -0.05) is 0 Å². The van der Waals surface area contributed by atoms with Crippen LogP contribution in [0.25, 0.3) is 0 Å². The Kier molecular flexibility index (Phi) is 4.04. The second-order valence-corrected chi connectivity index (χ2v) is 4.02. The maximum absolute atomic E-state index is 11.8. The van der Waals surface area contributed by atoms with Crippen LogP contribution >= 0.6 is 0 Å².